The minimum absolute atomic E-state index is 0.116. The number of benzene rings is 1. The van der Waals surface area contributed by atoms with E-state index in [2.05, 4.69) is 6.07 Å². The quantitative estimate of drug-likeness (QED) is 0.815. The van der Waals surface area contributed by atoms with Crippen LogP contribution >= 0.6 is 0 Å². The normalized spacial score (nSPS) is 18.6. The average molecular weight is 323 g/mol. The van der Waals surface area contributed by atoms with Gasteiger partial charge in [-0.2, -0.15) is 9.57 Å². The number of hydrogen-bond donors (Lipinski definition) is 0. The van der Waals surface area contributed by atoms with Gasteiger partial charge in [0.15, 0.2) is 0 Å². The Morgan fingerprint density at radius 2 is 2.00 bits per heavy atom. The Bertz CT molecular complexity index is 646. The first kappa shape index (κ1) is 16.7. The Labute approximate surface area is 131 Å². The molecule has 1 saturated heterocycles. The van der Waals surface area contributed by atoms with Gasteiger partial charge in [-0.1, -0.05) is 12.1 Å². The standard InChI is InChI=1S/C15H21N3O3S/c1-3-22(19,20)18-9-7-17(8-10-18)15(12-16)13-5-4-6-14(11-13)21-2/h4-6,11,15H,3,7-10H2,1-2H3. The Morgan fingerprint density at radius 3 is 2.55 bits per heavy atom. The lowest BCUT2D eigenvalue weighted by molar-refractivity contribution is 0.162. The van der Waals surface area contributed by atoms with Crippen molar-refractivity contribution in [1.29, 1.82) is 5.26 Å². The molecule has 120 valence electrons. The molecule has 0 aliphatic carbocycles. The molecule has 2 rings (SSSR count). The van der Waals surface area contributed by atoms with Crippen LogP contribution in [-0.4, -0.2) is 56.7 Å². The van der Waals surface area contributed by atoms with E-state index in [4.69, 9.17) is 4.74 Å². The van der Waals surface area contributed by atoms with Gasteiger partial charge in [-0.15, -0.1) is 0 Å². The van der Waals surface area contributed by atoms with Crippen LogP contribution in [0.5, 0.6) is 5.75 Å². The fraction of sp³-hybridized carbons (Fsp3) is 0.533. The topological polar surface area (TPSA) is 73.6 Å². The largest absolute Gasteiger partial charge is 0.497 e. The van der Waals surface area contributed by atoms with Gasteiger partial charge < -0.3 is 4.74 Å². The van der Waals surface area contributed by atoms with Crippen LogP contribution in [-0.2, 0) is 10.0 Å². The first-order valence-corrected chi connectivity index (χ1v) is 8.88. The third-order valence-electron chi connectivity index (χ3n) is 3.93. The maximum Gasteiger partial charge on any atom is 0.213 e. The molecular weight excluding hydrogens is 302 g/mol. The van der Waals surface area contributed by atoms with Crippen molar-refractivity contribution in [2.24, 2.45) is 0 Å². The highest BCUT2D eigenvalue weighted by molar-refractivity contribution is 7.89. The predicted octanol–water partition coefficient (Wildman–Crippen LogP) is 1.23. The highest BCUT2D eigenvalue weighted by Gasteiger charge is 2.29. The molecule has 1 aliphatic heterocycles. The van der Waals surface area contributed by atoms with Crippen molar-refractivity contribution in [2.75, 3.05) is 39.0 Å². The van der Waals surface area contributed by atoms with Gasteiger partial charge in [0, 0.05) is 26.2 Å². The molecule has 7 heteroatoms. The lowest BCUT2D eigenvalue weighted by Gasteiger charge is -2.36. The molecule has 0 amide bonds. The van der Waals surface area contributed by atoms with Crippen molar-refractivity contribution in [1.82, 2.24) is 9.21 Å². The first-order chi connectivity index (χ1) is 10.5. The van der Waals surface area contributed by atoms with Gasteiger partial charge in [0.2, 0.25) is 10.0 Å². The van der Waals surface area contributed by atoms with Crippen molar-refractivity contribution in [3.8, 4) is 11.8 Å². The molecule has 0 saturated carbocycles. The average Bonchev–Trinajstić information content (AvgIpc) is 2.56. The van der Waals surface area contributed by atoms with Crippen LogP contribution in [0.15, 0.2) is 24.3 Å². The maximum absolute atomic E-state index is 11.9. The molecule has 0 spiro atoms. The van der Waals surface area contributed by atoms with Crippen LogP contribution in [0.1, 0.15) is 18.5 Å². The summed E-state index contributed by atoms with van der Waals surface area (Å²) >= 11 is 0. The van der Waals surface area contributed by atoms with E-state index in [1.165, 1.54) is 4.31 Å². The van der Waals surface area contributed by atoms with Crippen molar-refractivity contribution >= 4 is 10.0 Å². The summed E-state index contributed by atoms with van der Waals surface area (Å²) in [5.41, 5.74) is 0.869. The fourth-order valence-electron chi connectivity index (χ4n) is 2.60. The zero-order chi connectivity index (χ0) is 16.2. The second-order valence-corrected chi connectivity index (χ2v) is 7.40. The van der Waals surface area contributed by atoms with E-state index in [0.717, 1.165) is 5.56 Å². The fourth-order valence-corrected chi connectivity index (χ4v) is 3.69. The second-order valence-electron chi connectivity index (χ2n) is 5.14. The number of piperazine rings is 1. The molecule has 1 unspecified atom stereocenters. The molecule has 6 nitrogen and oxygen atoms in total. The lowest BCUT2D eigenvalue weighted by Crippen LogP contribution is -2.49. The number of hydrogen-bond acceptors (Lipinski definition) is 5. The summed E-state index contributed by atoms with van der Waals surface area (Å²) in [4.78, 5) is 2.01. The van der Waals surface area contributed by atoms with E-state index in [9.17, 15) is 13.7 Å². The molecule has 22 heavy (non-hydrogen) atoms. The van der Waals surface area contributed by atoms with Crippen LogP contribution in [0.3, 0.4) is 0 Å². The highest BCUT2D eigenvalue weighted by Crippen LogP contribution is 2.25. The summed E-state index contributed by atoms with van der Waals surface area (Å²) < 4.78 is 30.5. The third-order valence-corrected chi connectivity index (χ3v) is 5.81. The van der Waals surface area contributed by atoms with Gasteiger partial charge >= 0.3 is 0 Å². The minimum Gasteiger partial charge on any atom is -0.497 e. The van der Waals surface area contributed by atoms with E-state index in [-0.39, 0.29) is 11.8 Å². The molecule has 0 N–H and O–H groups in total. The van der Waals surface area contributed by atoms with Crippen LogP contribution in [0, 0.1) is 11.3 Å². The van der Waals surface area contributed by atoms with Gasteiger partial charge in [-0.3, -0.25) is 4.90 Å². The van der Waals surface area contributed by atoms with Gasteiger partial charge in [0.05, 0.1) is 18.9 Å². The van der Waals surface area contributed by atoms with E-state index < -0.39 is 10.0 Å². The molecule has 1 heterocycles. The number of rotatable bonds is 5. The molecule has 1 aliphatic rings. The third kappa shape index (κ3) is 3.58. The highest BCUT2D eigenvalue weighted by atomic mass is 32.2. The van der Waals surface area contributed by atoms with Crippen LogP contribution in [0.2, 0.25) is 0 Å². The Balaban J connectivity index is 2.10. The van der Waals surface area contributed by atoms with E-state index in [1.807, 2.05) is 29.2 Å². The molecule has 1 fully saturated rings. The van der Waals surface area contributed by atoms with Crippen molar-refractivity contribution in [2.45, 2.75) is 13.0 Å². The summed E-state index contributed by atoms with van der Waals surface area (Å²) in [6.45, 7) is 3.61. The summed E-state index contributed by atoms with van der Waals surface area (Å²) in [5.74, 6) is 0.829. The Kier molecular flexibility index (Phi) is 5.40. The zero-order valence-electron chi connectivity index (χ0n) is 12.9. The van der Waals surface area contributed by atoms with E-state index >= 15 is 0 Å². The Hall–Kier alpha value is -1.62. The molecular formula is C15H21N3O3S. The Morgan fingerprint density at radius 1 is 1.32 bits per heavy atom. The zero-order valence-corrected chi connectivity index (χ0v) is 13.7. The van der Waals surface area contributed by atoms with Crippen molar-refractivity contribution in [3.05, 3.63) is 29.8 Å². The van der Waals surface area contributed by atoms with Gasteiger partial charge in [-0.05, 0) is 24.6 Å². The summed E-state index contributed by atoms with van der Waals surface area (Å²) in [6.07, 6.45) is 0. The maximum atomic E-state index is 11.9. The lowest BCUT2D eigenvalue weighted by atomic mass is 10.1. The SMILES string of the molecule is CCS(=O)(=O)N1CCN(C(C#N)c2cccc(OC)c2)CC1. The van der Waals surface area contributed by atoms with Gasteiger partial charge in [-0.25, -0.2) is 8.42 Å². The second kappa shape index (κ2) is 7.09. The molecule has 0 aromatic heterocycles. The molecule has 1 atom stereocenters. The van der Waals surface area contributed by atoms with Gasteiger partial charge in [0.25, 0.3) is 0 Å². The minimum atomic E-state index is -3.15. The molecule has 0 radical (unpaired) electrons. The number of ether oxygens (including phenoxy) is 1. The van der Waals surface area contributed by atoms with Crippen LogP contribution in [0.25, 0.3) is 0 Å². The monoisotopic (exact) mass is 323 g/mol. The summed E-state index contributed by atoms with van der Waals surface area (Å²) in [5, 5.41) is 9.50. The number of nitriles is 1. The summed E-state index contributed by atoms with van der Waals surface area (Å²) in [6, 6.07) is 9.36. The number of sulfonamides is 1. The van der Waals surface area contributed by atoms with E-state index in [1.54, 1.807) is 14.0 Å². The predicted molar refractivity (Wildman–Crippen MR) is 84.0 cm³/mol. The van der Waals surface area contributed by atoms with Crippen molar-refractivity contribution < 1.29 is 13.2 Å². The van der Waals surface area contributed by atoms with Crippen LogP contribution in [0.4, 0.5) is 0 Å². The van der Waals surface area contributed by atoms with Crippen molar-refractivity contribution in [3.63, 3.8) is 0 Å². The molecule has 0 bridgehead atoms. The summed E-state index contributed by atoms with van der Waals surface area (Å²) in [7, 11) is -1.56. The molecule has 1 aromatic rings. The van der Waals surface area contributed by atoms with Gasteiger partial charge in [0.1, 0.15) is 11.8 Å². The van der Waals surface area contributed by atoms with Crippen LogP contribution < -0.4 is 4.74 Å². The molecule has 1 aromatic carbocycles. The number of nitrogens with zero attached hydrogens (tertiary/aromatic N) is 3. The number of methoxy groups -OCH3 is 1. The first-order valence-electron chi connectivity index (χ1n) is 7.27. The smallest absolute Gasteiger partial charge is 0.213 e. The van der Waals surface area contributed by atoms with E-state index in [0.29, 0.717) is 31.9 Å².